The Kier molecular flexibility index (Phi) is 4.19. The molecule has 1 fully saturated rings. The number of rotatable bonds is 5. The summed E-state index contributed by atoms with van der Waals surface area (Å²) in [6, 6.07) is 14.0. The van der Waals surface area contributed by atoms with Gasteiger partial charge in [-0.2, -0.15) is 0 Å². The van der Waals surface area contributed by atoms with Gasteiger partial charge in [0.1, 0.15) is 11.3 Å². The van der Waals surface area contributed by atoms with Crippen LogP contribution in [0, 0.1) is 19.8 Å². The Morgan fingerprint density at radius 3 is 2.54 bits per heavy atom. The molecule has 0 bridgehead atoms. The van der Waals surface area contributed by atoms with E-state index in [0.717, 1.165) is 35.1 Å². The Hall–Kier alpha value is -2.75. The van der Waals surface area contributed by atoms with Crippen LogP contribution in [0.5, 0.6) is 5.75 Å². The maximum Gasteiger partial charge on any atom is 0.287 e. The number of nitrogens with one attached hydrogen (secondary N) is 1. The van der Waals surface area contributed by atoms with Crippen LogP contribution in [0.3, 0.4) is 0 Å². The van der Waals surface area contributed by atoms with Crippen LogP contribution >= 0.6 is 0 Å². The Morgan fingerprint density at radius 1 is 1.15 bits per heavy atom. The second-order valence-corrected chi connectivity index (χ2v) is 7.12. The number of benzene rings is 2. The van der Waals surface area contributed by atoms with Gasteiger partial charge in [-0.3, -0.25) is 4.79 Å². The van der Waals surface area contributed by atoms with Crippen LogP contribution in [0.25, 0.3) is 11.0 Å². The Morgan fingerprint density at radius 2 is 1.88 bits per heavy atom. The van der Waals surface area contributed by atoms with E-state index in [1.165, 1.54) is 5.56 Å². The normalized spacial score (nSPS) is 15.0. The molecule has 0 spiro atoms. The number of amides is 1. The van der Waals surface area contributed by atoms with Gasteiger partial charge >= 0.3 is 0 Å². The van der Waals surface area contributed by atoms with Gasteiger partial charge in [0.2, 0.25) is 0 Å². The standard InChI is InChI=1S/C22H23NO3/c1-13-4-6-15(7-5-13)20(16-8-9-16)23-22(24)21-14(2)18-12-17(25-3)10-11-19(18)26-21/h4-7,10-12,16,20H,8-9H2,1-3H3,(H,23,24). The highest BCUT2D eigenvalue weighted by molar-refractivity contribution is 5.99. The van der Waals surface area contributed by atoms with Crippen molar-refractivity contribution in [2.75, 3.05) is 7.11 Å². The van der Waals surface area contributed by atoms with Crippen molar-refractivity contribution >= 4 is 16.9 Å². The molecule has 0 aliphatic heterocycles. The number of furan rings is 1. The molecule has 1 atom stereocenters. The van der Waals surface area contributed by atoms with Gasteiger partial charge in [-0.1, -0.05) is 29.8 Å². The molecule has 1 aliphatic carbocycles. The molecule has 134 valence electrons. The maximum atomic E-state index is 12.9. The Bertz CT molecular complexity index is 951. The van der Waals surface area contributed by atoms with Crippen molar-refractivity contribution in [3.63, 3.8) is 0 Å². The minimum atomic E-state index is -0.157. The average molecular weight is 349 g/mol. The van der Waals surface area contributed by atoms with Gasteiger partial charge in [0.25, 0.3) is 5.91 Å². The van der Waals surface area contributed by atoms with E-state index in [2.05, 4.69) is 36.5 Å². The van der Waals surface area contributed by atoms with Crippen molar-refractivity contribution in [1.29, 1.82) is 0 Å². The van der Waals surface area contributed by atoms with Gasteiger partial charge in [0.15, 0.2) is 5.76 Å². The van der Waals surface area contributed by atoms with Crippen molar-refractivity contribution in [1.82, 2.24) is 5.32 Å². The summed E-state index contributed by atoms with van der Waals surface area (Å²) in [5, 5.41) is 4.11. The third-order valence-electron chi connectivity index (χ3n) is 5.17. The SMILES string of the molecule is COc1ccc2oc(C(=O)NC(c3ccc(C)cc3)C3CC3)c(C)c2c1. The molecule has 1 saturated carbocycles. The minimum absolute atomic E-state index is 0.0326. The lowest BCUT2D eigenvalue weighted by Crippen LogP contribution is -2.30. The number of carbonyl (C=O) groups is 1. The van der Waals surface area contributed by atoms with Gasteiger partial charge in [-0.15, -0.1) is 0 Å². The van der Waals surface area contributed by atoms with Crippen molar-refractivity contribution in [3.05, 3.63) is 64.9 Å². The molecule has 1 aromatic heterocycles. The van der Waals surface area contributed by atoms with E-state index in [9.17, 15) is 4.79 Å². The molecule has 1 aliphatic rings. The lowest BCUT2D eigenvalue weighted by Gasteiger charge is -2.18. The third-order valence-corrected chi connectivity index (χ3v) is 5.17. The minimum Gasteiger partial charge on any atom is -0.497 e. The molecule has 0 radical (unpaired) electrons. The quantitative estimate of drug-likeness (QED) is 0.710. The lowest BCUT2D eigenvalue weighted by atomic mass is 10.0. The summed E-state index contributed by atoms with van der Waals surface area (Å²) in [6.07, 6.45) is 2.30. The van der Waals surface area contributed by atoms with Crippen molar-refractivity contribution in [2.45, 2.75) is 32.7 Å². The largest absolute Gasteiger partial charge is 0.497 e. The predicted octanol–water partition coefficient (Wildman–Crippen LogP) is 4.94. The number of carbonyl (C=O) groups excluding carboxylic acids is 1. The van der Waals surface area contributed by atoms with Gasteiger partial charge in [0, 0.05) is 10.9 Å². The molecule has 1 amide bonds. The molecular weight excluding hydrogens is 326 g/mol. The summed E-state index contributed by atoms with van der Waals surface area (Å²) in [5.41, 5.74) is 3.92. The highest BCUT2D eigenvalue weighted by Gasteiger charge is 2.34. The highest BCUT2D eigenvalue weighted by Crippen LogP contribution is 2.41. The van der Waals surface area contributed by atoms with E-state index in [4.69, 9.17) is 9.15 Å². The third kappa shape index (κ3) is 3.07. The number of methoxy groups -OCH3 is 1. The second-order valence-electron chi connectivity index (χ2n) is 7.12. The summed E-state index contributed by atoms with van der Waals surface area (Å²) in [7, 11) is 1.63. The first kappa shape index (κ1) is 16.7. The average Bonchev–Trinajstić information content (AvgIpc) is 3.44. The van der Waals surface area contributed by atoms with E-state index in [1.807, 2.05) is 25.1 Å². The summed E-state index contributed by atoms with van der Waals surface area (Å²) >= 11 is 0. The molecule has 4 heteroatoms. The van der Waals surface area contributed by atoms with E-state index in [0.29, 0.717) is 17.3 Å². The topological polar surface area (TPSA) is 51.5 Å². The second kappa shape index (κ2) is 6.52. The molecule has 0 saturated heterocycles. The summed E-state index contributed by atoms with van der Waals surface area (Å²) in [6.45, 7) is 3.98. The number of aryl methyl sites for hydroxylation is 2. The number of hydrogen-bond donors (Lipinski definition) is 1. The number of hydrogen-bond acceptors (Lipinski definition) is 3. The molecule has 1 heterocycles. The number of ether oxygens (including phenoxy) is 1. The monoisotopic (exact) mass is 349 g/mol. The van der Waals surface area contributed by atoms with Gasteiger partial charge in [-0.05, 0) is 56.4 Å². The number of fused-ring (bicyclic) bond motifs is 1. The van der Waals surface area contributed by atoms with E-state index < -0.39 is 0 Å². The Labute approximate surface area is 153 Å². The van der Waals surface area contributed by atoms with Crippen LogP contribution in [0.2, 0.25) is 0 Å². The van der Waals surface area contributed by atoms with Crippen molar-refractivity contribution < 1.29 is 13.9 Å². The summed E-state index contributed by atoms with van der Waals surface area (Å²) in [5.74, 6) is 1.48. The van der Waals surface area contributed by atoms with Crippen LogP contribution in [-0.4, -0.2) is 13.0 Å². The molecule has 26 heavy (non-hydrogen) atoms. The maximum absolute atomic E-state index is 12.9. The fraction of sp³-hybridized carbons (Fsp3) is 0.318. The predicted molar refractivity (Wildman–Crippen MR) is 102 cm³/mol. The van der Waals surface area contributed by atoms with E-state index in [1.54, 1.807) is 7.11 Å². The van der Waals surface area contributed by atoms with E-state index >= 15 is 0 Å². The first-order chi connectivity index (χ1) is 12.6. The van der Waals surface area contributed by atoms with Crippen LogP contribution in [-0.2, 0) is 0 Å². The Balaban J connectivity index is 1.63. The fourth-order valence-electron chi connectivity index (χ4n) is 3.43. The first-order valence-corrected chi connectivity index (χ1v) is 9.01. The van der Waals surface area contributed by atoms with Crippen molar-refractivity contribution in [3.8, 4) is 5.75 Å². The lowest BCUT2D eigenvalue weighted by molar-refractivity contribution is 0.0905. The van der Waals surface area contributed by atoms with Gasteiger partial charge in [-0.25, -0.2) is 0 Å². The molecular formula is C22H23NO3. The molecule has 2 aromatic carbocycles. The molecule has 3 aromatic rings. The van der Waals surface area contributed by atoms with Gasteiger partial charge < -0.3 is 14.5 Å². The zero-order chi connectivity index (χ0) is 18.3. The first-order valence-electron chi connectivity index (χ1n) is 9.01. The zero-order valence-corrected chi connectivity index (χ0v) is 15.3. The zero-order valence-electron chi connectivity index (χ0n) is 15.3. The van der Waals surface area contributed by atoms with Crippen LogP contribution in [0.1, 0.15) is 46.1 Å². The van der Waals surface area contributed by atoms with E-state index in [-0.39, 0.29) is 11.9 Å². The smallest absolute Gasteiger partial charge is 0.287 e. The molecule has 4 nitrogen and oxygen atoms in total. The van der Waals surface area contributed by atoms with Crippen LogP contribution in [0.15, 0.2) is 46.9 Å². The molecule has 1 N–H and O–H groups in total. The van der Waals surface area contributed by atoms with Crippen LogP contribution in [0.4, 0.5) is 0 Å². The van der Waals surface area contributed by atoms with Crippen LogP contribution < -0.4 is 10.1 Å². The highest BCUT2D eigenvalue weighted by atomic mass is 16.5. The van der Waals surface area contributed by atoms with Crippen molar-refractivity contribution in [2.24, 2.45) is 5.92 Å². The fourth-order valence-corrected chi connectivity index (χ4v) is 3.43. The summed E-state index contributed by atoms with van der Waals surface area (Å²) < 4.78 is 11.1. The summed E-state index contributed by atoms with van der Waals surface area (Å²) in [4.78, 5) is 12.9. The molecule has 1 unspecified atom stereocenters. The van der Waals surface area contributed by atoms with Gasteiger partial charge in [0.05, 0.1) is 13.2 Å². The molecule has 4 rings (SSSR count).